The highest BCUT2D eigenvalue weighted by molar-refractivity contribution is 6.29. The average molecular weight is 284 g/mol. The molecule has 0 unspecified atom stereocenters. The molecule has 1 amide bonds. The van der Waals surface area contributed by atoms with Gasteiger partial charge in [-0.25, -0.2) is 15.3 Å². The molecule has 7 heteroatoms. The third-order valence-electron chi connectivity index (χ3n) is 2.89. The summed E-state index contributed by atoms with van der Waals surface area (Å²) in [5.41, 5.74) is 3.05. The van der Waals surface area contributed by atoms with Gasteiger partial charge >= 0.3 is 6.09 Å². The van der Waals surface area contributed by atoms with E-state index in [9.17, 15) is 9.59 Å². The van der Waals surface area contributed by atoms with Crippen LogP contribution in [0.1, 0.15) is 29.6 Å². The molecular formula is C12H14ClN3O3. The van der Waals surface area contributed by atoms with Crippen LogP contribution in [0.5, 0.6) is 0 Å². The summed E-state index contributed by atoms with van der Waals surface area (Å²) in [5, 5.41) is 0.210. The van der Waals surface area contributed by atoms with Crippen molar-refractivity contribution in [2.75, 3.05) is 18.6 Å². The van der Waals surface area contributed by atoms with Crippen LogP contribution in [0.25, 0.3) is 0 Å². The fourth-order valence-electron chi connectivity index (χ4n) is 1.86. The Labute approximate surface area is 115 Å². The van der Waals surface area contributed by atoms with Gasteiger partial charge in [-0.15, -0.1) is 0 Å². The fourth-order valence-corrected chi connectivity index (χ4v) is 2.02. The molecule has 0 saturated carbocycles. The second-order valence-electron chi connectivity index (χ2n) is 4.23. The summed E-state index contributed by atoms with van der Waals surface area (Å²) in [6, 6.07) is 1.43. The molecule has 6 nitrogen and oxygen atoms in total. The third-order valence-corrected chi connectivity index (χ3v) is 3.10. The molecule has 1 saturated heterocycles. The molecule has 0 aromatic carbocycles. The Morgan fingerprint density at radius 2 is 2.16 bits per heavy atom. The molecule has 19 heavy (non-hydrogen) atoms. The van der Waals surface area contributed by atoms with E-state index in [1.54, 1.807) is 4.90 Å². The van der Waals surface area contributed by atoms with Crippen LogP contribution in [-0.2, 0) is 4.84 Å². The molecule has 1 aliphatic heterocycles. The number of nitrogens with one attached hydrogen (secondary N) is 1. The van der Waals surface area contributed by atoms with E-state index >= 15 is 0 Å². The zero-order valence-corrected chi connectivity index (χ0v) is 11.0. The number of hydrogen-bond donors (Lipinski definition) is 1. The molecule has 0 spiro atoms. The first kappa shape index (κ1) is 13.6. The van der Waals surface area contributed by atoms with Crippen molar-refractivity contribution >= 4 is 29.7 Å². The largest absolute Gasteiger partial charge is 0.434 e. The maximum Gasteiger partial charge on any atom is 0.434 e. The minimum atomic E-state index is -0.454. The second kappa shape index (κ2) is 6.38. The molecule has 2 rings (SSSR count). The van der Waals surface area contributed by atoms with Gasteiger partial charge in [-0.1, -0.05) is 11.6 Å². The Hall–Kier alpha value is -1.82. The number of nitrogens with zero attached hydrogens (tertiary/aromatic N) is 2. The Morgan fingerprint density at radius 3 is 2.84 bits per heavy atom. The van der Waals surface area contributed by atoms with Crippen molar-refractivity contribution in [2.24, 2.45) is 0 Å². The zero-order valence-electron chi connectivity index (χ0n) is 10.3. The SMILES string of the molecule is O=Cc1cnc(Cl)cc1NOC(=O)N1CCCCC1. The number of carbonyl (C=O) groups is 2. The quantitative estimate of drug-likeness (QED) is 0.524. The van der Waals surface area contributed by atoms with Crippen LogP contribution in [0.2, 0.25) is 5.15 Å². The van der Waals surface area contributed by atoms with Crippen molar-refractivity contribution < 1.29 is 14.4 Å². The van der Waals surface area contributed by atoms with E-state index in [0.717, 1.165) is 19.3 Å². The lowest BCUT2D eigenvalue weighted by molar-refractivity contribution is 0.110. The van der Waals surface area contributed by atoms with Crippen LogP contribution in [0.15, 0.2) is 12.3 Å². The molecule has 102 valence electrons. The predicted octanol–water partition coefficient (Wildman–Crippen LogP) is 2.50. The number of pyridine rings is 1. The summed E-state index contributed by atoms with van der Waals surface area (Å²) < 4.78 is 0. The molecule has 0 radical (unpaired) electrons. The molecule has 1 aromatic heterocycles. The summed E-state index contributed by atoms with van der Waals surface area (Å²) in [6.45, 7) is 1.39. The van der Waals surface area contributed by atoms with E-state index in [2.05, 4.69) is 10.5 Å². The fraction of sp³-hybridized carbons (Fsp3) is 0.417. The van der Waals surface area contributed by atoms with Crippen molar-refractivity contribution in [1.82, 2.24) is 9.88 Å². The zero-order chi connectivity index (χ0) is 13.7. The standard InChI is InChI=1S/C12H14ClN3O3/c13-11-6-10(9(8-17)7-14-11)15-19-12(18)16-4-2-1-3-5-16/h6-8H,1-5H2,(H,14,15). The number of carbonyl (C=O) groups excluding carboxylic acids is 2. The highest BCUT2D eigenvalue weighted by Gasteiger charge is 2.18. The normalized spacial score (nSPS) is 14.9. The van der Waals surface area contributed by atoms with Crippen molar-refractivity contribution in [3.63, 3.8) is 0 Å². The molecule has 1 fully saturated rings. The summed E-state index contributed by atoms with van der Waals surface area (Å²) >= 11 is 5.72. The first-order valence-electron chi connectivity index (χ1n) is 6.03. The third kappa shape index (κ3) is 3.57. The van der Waals surface area contributed by atoms with Crippen LogP contribution in [0, 0.1) is 0 Å². The van der Waals surface area contributed by atoms with Gasteiger partial charge < -0.3 is 9.74 Å². The Morgan fingerprint density at radius 1 is 1.42 bits per heavy atom. The first-order valence-corrected chi connectivity index (χ1v) is 6.41. The maximum atomic E-state index is 11.8. The van der Waals surface area contributed by atoms with Gasteiger partial charge in [-0.2, -0.15) is 0 Å². The molecule has 2 heterocycles. The van der Waals surface area contributed by atoms with Crippen LogP contribution >= 0.6 is 11.6 Å². The van der Waals surface area contributed by atoms with Crippen molar-refractivity contribution in [1.29, 1.82) is 0 Å². The number of amides is 1. The highest BCUT2D eigenvalue weighted by Crippen LogP contribution is 2.17. The van der Waals surface area contributed by atoms with E-state index < -0.39 is 6.09 Å². The molecule has 1 aromatic rings. The predicted molar refractivity (Wildman–Crippen MR) is 70.2 cm³/mol. The number of aromatic nitrogens is 1. The smallest absolute Gasteiger partial charge is 0.324 e. The number of halogens is 1. The van der Waals surface area contributed by atoms with Crippen molar-refractivity contribution in [3.8, 4) is 0 Å². The number of likely N-dealkylation sites (tertiary alicyclic amines) is 1. The molecule has 0 bridgehead atoms. The van der Waals surface area contributed by atoms with Crippen LogP contribution in [0.3, 0.4) is 0 Å². The van der Waals surface area contributed by atoms with Crippen LogP contribution in [0.4, 0.5) is 10.5 Å². The number of aldehydes is 1. The van der Waals surface area contributed by atoms with E-state index in [-0.39, 0.29) is 10.7 Å². The van der Waals surface area contributed by atoms with Gasteiger partial charge in [0, 0.05) is 25.4 Å². The minimum Gasteiger partial charge on any atom is -0.324 e. The Balaban J connectivity index is 1.96. The lowest BCUT2D eigenvalue weighted by Gasteiger charge is -2.25. The van der Waals surface area contributed by atoms with Crippen molar-refractivity contribution in [2.45, 2.75) is 19.3 Å². The summed E-state index contributed by atoms with van der Waals surface area (Å²) in [7, 11) is 0. The molecular weight excluding hydrogens is 270 g/mol. The number of hydrogen-bond acceptors (Lipinski definition) is 5. The van der Waals surface area contributed by atoms with Crippen LogP contribution < -0.4 is 5.48 Å². The minimum absolute atomic E-state index is 0.210. The summed E-state index contributed by atoms with van der Waals surface area (Å²) in [5.74, 6) is 0. The van der Waals surface area contributed by atoms with Gasteiger partial charge in [-0.3, -0.25) is 4.79 Å². The van der Waals surface area contributed by atoms with E-state index in [1.165, 1.54) is 12.3 Å². The average Bonchev–Trinajstić information content (AvgIpc) is 2.46. The van der Waals surface area contributed by atoms with Gasteiger partial charge in [0.25, 0.3) is 0 Å². The van der Waals surface area contributed by atoms with E-state index in [0.29, 0.717) is 25.1 Å². The lowest BCUT2D eigenvalue weighted by atomic mass is 10.1. The van der Waals surface area contributed by atoms with Gasteiger partial charge in [0.2, 0.25) is 0 Å². The van der Waals surface area contributed by atoms with Gasteiger partial charge in [-0.05, 0) is 19.3 Å². The van der Waals surface area contributed by atoms with Gasteiger partial charge in [0.15, 0.2) is 6.29 Å². The molecule has 1 aliphatic rings. The van der Waals surface area contributed by atoms with Gasteiger partial charge in [0.1, 0.15) is 5.15 Å². The number of piperidine rings is 1. The van der Waals surface area contributed by atoms with Gasteiger partial charge in [0.05, 0.1) is 11.3 Å². The number of rotatable bonds is 3. The van der Waals surface area contributed by atoms with Crippen molar-refractivity contribution in [3.05, 3.63) is 23.0 Å². The first-order chi connectivity index (χ1) is 9.20. The number of anilines is 1. The van der Waals surface area contributed by atoms with Crippen LogP contribution in [-0.4, -0.2) is 35.4 Å². The molecule has 0 atom stereocenters. The lowest BCUT2D eigenvalue weighted by Crippen LogP contribution is -2.37. The second-order valence-corrected chi connectivity index (χ2v) is 4.62. The summed E-state index contributed by atoms with van der Waals surface area (Å²) in [6.07, 6.45) is 4.56. The Kier molecular flexibility index (Phi) is 4.57. The highest BCUT2D eigenvalue weighted by atomic mass is 35.5. The topological polar surface area (TPSA) is 71.5 Å². The van der Waals surface area contributed by atoms with E-state index in [4.69, 9.17) is 16.4 Å². The maximum absolute atomic E-state index is 11.8. The van der Waals surface area contributed by atoms with E-state index in [1.807, 2.05) is 0 Å². The molecule has 1 N–H and O–H groups in total. The Bertz CT molecular complexity index is 475. The monoisotopic (exact) mass is 283 g/mol. The summed E-state index contributed by atoms with van der Waals surface area (Å²) in [4.78, 5) is 32.9. The molecule has 0 aliphatic carbocycles.